The molecule has 0 bridgehead atoms. The third-order valence-corrected chi connectivity index (χ3v) is 7.04. The summed E-state index contributed by atoms with van der Waals surface area (Å²) < 4.78 is 5.39. The van der Waals surface area contributed by atoms with Gasteiger partial charge in [-0.05, 0) is 82.3 Å². The molecular weight excluding hydrogens is 412 g/mol. The molecule has 0 radical (unpaired) electrons. The number of rotatable bonds is 5. The predicted octanol–water partition coefficient (Wildman–Crippen LogP) is 6.25. The Kier molecular flexibility index (Phi) is 7.89. The molecule has 0 aliphatic heterocycles. The third-order valence-electron chi connectivity index (χ3n) is 5.62. The van der Waals surface area contributed by atoms with Gasteiger partial charge in [0.15, 0.2) is 5.11 Å². The highest BCUT2D eigenvalue weighted by molar-refractivity contribution is 7.80. The van der Waals surface area contributed by atoms with E-state index in [1.54, 1.807) is 11.3 Å². The fraction of sp³-hybridized carbons (Fsp3) is 0.500. The van der Waals surface area contributed by atoms with E-state index in [9.17, 15) is 4.79 Å². The van der Waals surface area contributed by atoms with Crippen molar-refractivity contribution < 1.29 is 9.53 Å². The molecule has 4 nitrogen and oxygen atoms in total. The number of ether oxygens (including phenoxy) is 1. The van der Waals surface area contributed by atoms with Gasteiger partial charge in [-0.3, -0.25) is 0 Å². The Morgan fingerprint density at radius 2 is 1.93 bits per heavy atom. The van der Waals surface area contributed by atoms with E-state index in [2.05, 4.69) is 49.6 Å². The van der Waals surface area contributed by atoms with Gasteiger partial charge in [0.25, 0.3) is 0 Å². The molecule has 0 saturated carbocycles. The van der Waals surface area contributed by atoms with E-state index in [0.29, 0.717) is 17.3 Å². The zero-order chi connectivity index (χ0) is 21.7. The number of thiocarbonyl (C=S) groups is 1. The fourth-order valence-electron chi connectivity index (χ4n) is 4.15. The van der Waals surface area contributed by atoms with Crippen molar-refractivity contribution >= 4 is 39.6 Å². The summed E-state index contributed by atoms with van der Waals surface area (Å²) in [5.41, 5.74) is 5.55. The first-order chi connectivity index (χ1) is 14.4. The molecule has 2 aromatic rings. The van der Waals surface area contributed by atoms with Crippen LogP contribution in [-0.4, -0.2) is 17.7 Å². The van der Waals surface area contributed by atoms with Crippen LogP contribution in [0.4, 0.5) is 5.00 Å². The monoisotopic (exact) mass is 444 g/mol. The van der Waals surface area contributed by atoms with E-state index >= 15 is 0 Å². The minimum atomic E-state index is -0.247. The van der Waals surface area contributed by atoms with Crippen LogP contribution >= 0.6 is 23.6 Å². The average molecular weight is 445 g/mol. The fourth-order valence-corrected chi connectivity index (χ4v) is 5.78. The smallest absolute Gasteiger partial charge is 0.341 e. The largest absolute Gasteiger partial charge is 0.462 e. The molecule has 162 valence electrons. The second kappa shape index (κ2) is 10.4. The Morgan fingerprint density at radius 1 is 1.20 bits per heavy atom. The van der Waals surface area contributed by atoms with Gasteiger partial charge < -0.3 is 15.4 Å². The molecular formula is C24H32N2O2S2. The van der Waals surface area contributed by atoms with Gasteiger partial charge in [-0.2, -0.15) is 0 Å². The molecule has 2 N–H and O–H groups in total. The zero-order valence-electron chi connectivity index (χ0n) is 18.4. The molecule has 1 heterocycles. The normalized spacial score (nSPS) is 14.8. The number of thiophene rings is 1. The Morgan fingerprint density at radius 3 is 2.63 bits per heavy atom. The summed E-state index contributed by atoms with van der Waals surface area (Å²) in [6.45, 7) is 8.54. The summed E-state index contributed by atoms with van der Waals surface area (Å²) >= 11 is 7.27. The summed E-state index contributed by atoms with van der Waals surface area (Å²) in [7, 11) is 0. The summed E-state index contributed by atoms with van der Waals surface area (Å²) in [6, 6.07) is 6.51. The van der Waals surface area contributed by atoms with Crippen molar-refractivity contribution in [1.29, 1.82) is 0 Å². The van der Waals surface area contributed by atoms with Gasteiger partial charge in [0.2, 0.25) is 0 Å². The highest BCUT2D eigenvalue weighted by atomic mass is 32.1. The first kappa shape index (κ1) is 22.8. The molecule has 0 spiro atoms. The number of fused-ring (bicyclic) bond motifs is 1. The number of esters is 1. The van der Waals surface area contributed by atoms with Gasteiger partial charge in [-0.15, -0.1) is 11.3 Å². The number of aryl methyl sites for hydroxylation is 3. The lowest BCUT2D eigenvalue weighted by atomic mass is 9.96. The maximum atomic E-state index is 12.8. The minimum absolute atomic E-state index is 0.0673. The SMILES string of the molecule is CCOC(=O)c1c(NC(=S)NC(C)c2ccc(C)cc2C)sc2c1CCCCCC2. The number of carbonyl (C=O) groups is 1. The van der Waals surface area contributed by atoms with Crippen molar-refractivity contribution in [3.63, 3.8) is 0 Å². The molecule has 1 aromatic heterocycles. The van der Waals surface area contributed by atoms with Crippen molar-refractivity contribution in [2.24, 2.45) is 0 Å². The van der Waals surface area contributed by atoms with E-state index in [4.69, 9.17) is 17.0 Å². The van der Waals surface area contributed by atoms with Crippen LogP contribution in [-0.2, 0) is 17.6 Å². The highest BCUT2D eigenvalue weighted by Gasteiger charge is 2.26. The zero-order valence-corrected chi connectivity index (χ0v) is 20.0. The molecule has 1 aromatic carbocycles. The van der Waals surface area contributed by atoms with E-state index in [-0.39, 0.29) is 12.0 Å². The first-order valence-corrected chi connectivity index (χ1v) is 12.1. The van der Waals surface area contributed by atoms with Crippen LogP contribution in [0.15, 0.2) is 18.2 Å². The standard InChI is InChI=1S/C24H32N2O2S2/c1-5-28-23(27)21-19-10-8-6-7-9-11-20(19)30-22(21)26-24(29)25-17(4)18-13-12-15(2)14-16(18)3/h12-14,17H,5-11H2,1-4H3,(H2,25,26,29). The summed E-state index contributed by atoms with van der Waals surface area (Å²) in [5, 5.41) is 8.04. The Labute approximate surface area is 189 Å². The molecule has 0 fully saturated rings. The van der Waals surface area contributed by atoms with Gasteiger partial charge in [0, 0.05) is 4.88 Å². The maximum Gasteiger partial charge on any atom is 0.341 e. The van der Waals surface area contributed by atoms with E-state index < -0.39 is 0 Å². The lowest BCUT2D eigenvalue weighted by Gasteiger charge is -2.19. The van der Waals surface area contributed by atoms with Crippen LogP contribution in [0.25, 0.3) is 0 Å². The van der Waals surface area contributed by atoms with Crippen LogP contribution in [0.1, 0.15) is 83.1 Å². The van der Waals surface area contributed by atoms with Gasteiger partial charge in [-0.1, -0.05) is 36.6 Å². The van der Waals surface area contributed by atoms with Crippen molar-refractivity contribution in [3.05, 3.63) is 50.9 Å². The summed E-state index contributed by atoms with van der Waals surface area (Å²) in [6.07, 6.45) is 6.70. The van der Waals surface area contributed by atoms with Crippen LogP contribution in [0.3, 0.4) is 0 Å². The number of hydrogen-bond acceptors (Lipinski definition) is 4. The molecule has 30 heavy (non-hydrogen) atoms. The molecule has 1 aliphatic rings. The topological polar surface area (TPSA) is 50.4 Å². The molecule has 1 aliphatic carbocycles. The van der Waals surface area contributed by atoms with E-state index in [0.717, 1.165) is 29.8 Å². The van der Waals surface area contributed by atoms with Crippen LogP contribution in [0.5, 0.6) is 0 Å². The van der Waals surface area contributed by atoms with E-state index in [1.165, 1.54) is 40.8 Å². The van der Waals surface area contributed by atoms with E-state index in [1.807, 2.05) is 6.92 Å². The lowest BCUT2D eigenvalue weighted by molar-refractivity contribution is 0.0526. The van der Waals surface area contributed by atoms with Crippen LogP contribution in [0, 0.1) is 13.8 Å². The second-order valence-electron chi connectivity index (χ2n) is 8.02. The quantitative estimate of drug-likeness (QED) is 0.422. The molecule has 1 unspecified atom stereocenters. The lowest BCUT2D eigenvalue weighted by Crippen LogP contribution is -2.31. The van der Waals surface area contributed by atoms with Gasteiger partial charge in [0.05, 0.1) is 18.2 Å². The number of hydrogen-bond donors (Lipinski definition) is 2. The highest BCUT2D eigenvalue weighted by Crippen LogP contribution is 2.37. The van der Waals surface area contributed by atoms with Crippen molar-refractivity contribution in [1.82, 2.24) is 5.32 Å². The molecule has 0 amide bonds. The Hall–Kier alpha value is -1.92. The number of anilines is 1. The second-order valence-corrected chi connectivity index (χ2v) is 9.54. The first-order valence-electron chi connectivity index (χ1n) is 10.9. The van der Waals surface area contributed by atoms with Crippen LogP contribution in [0.2, 0.25) is 0 Å². The maximum absolute atomic E-state index is 12.8. The molecule has 3 rings (SSSR count). The summed E-state index contributed by atoms with van der Waals surface area (Å²) in [4.78, 5) is 14.1. The predicted molar refractivity (Wildman–Crippen MR) is 130 cm³/mol. The minimum Gasteiger partial charge on any atom is -0.462 e. The van der Waals surface area contributed by atoms with Crippen molar-refractivity contribution in [2.45, 2.75) is 72.3 Å². The number of benzene rings is 1. The third kappa shape index (κ3) is 5.41. The van der Waals surface area contributed by atoms with Crippen LogP contribution < -0.4 is 10.6 Å². The van der Waals surface area contributed by atoms with Gasteiger partial charge in [0.1, 0.15) is 5.00 Å². The van der Waals surface area contributed by atoms with Gasteiger partial charge in [-0.25, -0.2) is 4.79 Å². The van der Waals surface area contributed by atoms with Gasteiger partial charge >= 0.3 is 5.97 Å². The molecule has 1 atom stereocenters. The Bertz CT molecular complexity index is 920. The van der Waals surface area contributed by atoms with Crippen molar-refractivity contribution in [2.75, 3.05) is 11.9 Å². The Balaban J connectivity index is 1.81. The number of carbonyl (C=O) groups excluding carboxylic acids is 1. The summed E-state index contributed by atoms with van der Waals surface area (Å²) in [5.74, 6) is -0.247. The molecule has 0 saturated heterocycles. The average Bonchev–Trinajstić information content (AvgIpc) is 2.97. The molecule has 6 heteroatoms. The number of nitrogens with one attached hydrogen (secondary N) is 2. The van der Waals surface area contributed by atoms with Crippen molar-refractivity contribution in [3.8, 4) is 0 Å².